The van der Waals surface area contributed by atoms with Crippen molar-refractivity contribution in [2.75, 3.05) is 36.4 Å². The predicted molar refractivity (Wildman–Crippen MR) is 120 cm³/mol. The number of nitrogens with zero attached hydrogens (tertiary/aromatic N) is 2. The highest BCUT2D eigenvalue weighted by Gasteiger charge is 2.23. The molecule has 0 unspecified atom stereocenters. The molecule has 1 aliphatic heterocycles. The lowest BCUT2D eigenvalue weighted by Crippen LogP contribution is -2.48. The number of benzene rings is 3. The van der Waals surface area contributed by atoms with Crippen molar-refractivity contribution in [3.8, 4) is 0 Å². The summed E-state index contributed by atoms with van der Waals surface area (Å²) in [6, 6.07) is 21.2. The van der Waals surface area contributed by atoms with Crippen molar-refractivity contribution < 1.29 is 14.0 Å². The van der Waals surface area contributed by atoms with Crippen molar-refractivity contribution >= 4 is 23.2 Å². The van der Waals surface area contributed by atoms with E-state index in [0.29, 0.717) is 24.3 Å². The number of carbonyl (C=O) groups is 2. The summed E-state index contributed by atoms with van der Waals surface area (Å²) < 4.78 is 13.9. The van der Waals surface area contributed by atoms with Crippen LogP contribution in [0, 0.1) is 12.7 Å². The zero-order valence-corrected chi connectivity index (χ0v) is 17.3. The maximum Gasteiger partial charge on any atom is 0.258 e. The number of amides is 2. The predicted octanol–water partition coefficient (Wildman–Crippen LogP) is 4.35. The van der Waals surface area contributed by atoms with Crippen LogP contribution in [0.1, 0.15) is 26.3 Å². The summed E-state index contributed by atoms with van der Waals surface area (Å²) >= 11 is 0. The zero-order chi connectivity index (χ0) is 21.8. The summed E-state index contributed by atoms with van der Waals surface area (Å²) in [5.41, 5.74) is 2.93. The Morgan fingerprint density at radius 3 is 2.26 bits per heavy atom. The fraction of sp³-hybridized carbons (Fsp3) is 0.200. The molecular weight excluding hydrogens is 393 g/mol. The summed E-state index contributed by atoms with van der Waals surface area (Å²) in [5, 5.41) is 2.74. The van der Waals surface area contributed by atoms with Crippen LogP contribution in [-0.2, 0) is 0 Å². The Morgan fingerprint density at radius 2 is 1.55 bits per heavy atom. The van der Waals surface area contributed by atoms with Crippen molar-refractivity contribution in [2.45, 2.75) is 6.92 Å². The molecule has 1 aliphatic rings. The summed E-state index contributed by atoms with van der Waals surface area (Å²) in [6.07, 6.45) is 0. The second-order valence-corrected chi connectivity index (χ2v) is 7.58. The first-order valence-corrected chi connectivity index (χ1v) is 10.3. The third-order valence-electron chi connectivity index (χ3n) is 5.54. The number of para-hydroxylation sites is 1. The molecule has 1 heterocycles. The van der Waals surface area contributed by atoms with Gasteiger partial charge in [-0.25, -0.2) is 4.39 Å². The average molecular weight is 417 g/mol. The van der Waals surface area contributed by atoms with Gasteiger partial charge in [0, 0.05) is 43.1 Å². The van der Waals surface area contributed by atoms with Gasteiger partial charge in [0.1, 0.15) is 5.82 Å². The molecule has 5 nitrogen and oxygen atoms in total. The van der Waals surface area contributed by atoms with Gasteiger partial charge in [-0.15, -0.1) is 0 Å². The van der Waals surface area contributed by atoms with Gasteiger partial charge in [-0.3, -0.25) is 9.59 Å². The molecule has 0 bridgehead atoms. The van der Waals surface area contributed by atoms with Crippen LogP contribution in [0.25, 0.3) is 0 Å². The molecule has 4 rings (SSSR count). The van der Waals surface area contributed by atoms with Gasteiger partial charge in [-0.1, -0.05) is 36.4 Å². The molecular formula is C25H24FN3O2. The van der Waals surface area contributed by atoms with Crippen LogP contribution >= 0.6 is 0 Å². The van der Waals surface area contributed by atoms with Crippen LogP contribution in [0.15, 0.2) is 72.8 Å². The van der Waals surface area contributed by atoms with E-state index < -0.39 is 11.7 Å². The molecule has 0 aliphatic carbocycles. The van der Waals surface area contributed by atoms with Gasteiger partial charge >= 0.3 is 0 Å². The molecule has 0 spiro atoms. The van der Waals surface area contributed by atoms with Crippen LogP contribution in [0.3, 0.4) is 0 Å². The smallest absolute Gasteiger partial charge is 0.258 e. The van der Waals surface area contributed by atoms with E-state index in [2.05, 4.69) is 22.3 Å². The SMILES string of the molecule is Cc1ccc(C(=O)N2CCN(c3ccccc3)CC2)cc1NC(=O)c1ccccc1F. The minimum Gasteiger partial charge on any atom is -0.368 e. The molecule has 0 radical (unpaired) electrons. The van der Waals surface area contributed by atoms with Gasteiger partial charge in [0.2, 0.25) is 0 Å². The van der Waals surface area contributed by atoms with E-state index in [1.807, 2.05) is 30.0 Å². The van der Waals surface area contributed by atoms with Crippen molar-refractivity contribution in [2.24, 2.45) is 0 Å². The summed E-state index contributed by atoms with van der Waals surface area (Å²) in [7, 11) is 0. The minimum atomic E-state index is -0.582. The van der Waals surface area contributed by atoms with Gasteiger partial charge in [0.15, 0.2) is 0 Å². The number of halogens is 1. The number of hydrogen-bond acceptors (Lipinski definition) is 3. The largest absolute Gasteiger partial charge is 0.368 e. The van der Waals surface area contributed by atoms with Gasteiger partial charge in [0.05, 0.1) is 5.56 Å². The van der Waals surface area contributed by atoms with Crippen LogP contribution in [0.2, 0.25) is 0 Å². The van der Waals surface area contributed by atoms with E-state index in [4.69, 9.17) is 0 Å². The number of piperazine rings is 1. The Kier molecular flexibility index (Phi) is 5.98. The maximum absolute atomic E-state index is 13.9. The van der Waals surface area contributed by atoms with Gasteiger partial charge in [-0.2, -0.15) is 0 Å². The lowest BCUT2D eigenvalue weighted by atomic mass is 10.1. The van der Waals surface area contributed by atoms with Crippen LogP contribution in [0.4, 0.5) is 15.8 Å². The molecule has 6 heteroatoms. The number of hydrogen-bond donors (Lipinski definition) is 1. The molecule has 2 amide bonds. The normalized spacial score (nSPS) is 13.7. The Hall–Kier alpha value is -3.67. The molecule has 1 fully saturated rings. The molecule has 0 atom stereocenters. The topological polar surface area (TPSA) is 52.7 Å². The molecule has 31 heavy (non-hydrogen) atoms. The zero-order valence-electron chi connectivity index (χ0n) is 17.3. The van der Waals surface area contributed by atoms with Crippen molar-refractivity contribution in [3.05, 3.63) is 95.3 Å². The second-order valence-electron chi connectivity index (χ2n) is 7.58. The van der Waals surface area contributed by atoms with Crippen LogP contribution in [0.5, 0.6) is 0 Å². The molecule has 1 N–H and O–H groups in total. The molecule has 1 saturated heterocycles. The van der Waals surface area contributed by atoms with Gasteiger partial charge < -0.3 is 15.1 Å². The van der Waals surface area contributed by atoms with Crippen molar-refractivity contribution in [3.63, 3.8) is 0 Å². The first-order valence-electron chi connectivity index (χ1n) is 10.3. The summed E-state index contributed by atoms with van der Waals surface area (Å²) in [4.78, 5) is 29.6. The van der Waals surface area contributed by atoms with E-state index in [9.17, 15) is 14.0 Å². The summed E-state index contributed by atoms with van der Waals surface area (Å²) in [5.74, 6) is -1.20. The number of anilines is 2. The minimum absolute atomic E-state index is 0.0318. The highest BCUT2D eigenvalue weighted by atomic mass is 19.1. The first kappa shape index (κ1) is 20.6. The second kappa shape index (κ2) is 9.00. The molecule has 0 aromatic heterocycles. The third kappa shape index (κ3) is 4.58. The quantitative estimate of drug-likeness (QED) is 0.687. The van der Waals surface area contributed by atoms with E-state index >= 15 is 0 Å². The number of nitrogens with one attached hydrogen (secondary N) is 1. The highest BCUT2D eigenvalue weighted by molar-refractivity contribution is 6.05. The van der Waals surface area contributed by atoms with E-state index in [1.54, 1.807) is 24.3 Å². The Bertz CT molecular complexity index is 1090. The molecule has 158 valence electrons. The number of carbonyl (C=O) groups excluding carboxylic acids is 2. The van der Waals surface area contributed by atoms with Gasteiger partial charge in [-0.05, 0) is 48.9 Å². The van der Waals surface area contributed by atoms with E-state index in [1.165, 1.54) is 18.2 Å². The van der Waals surface area contributed by atoms with Crippen LogP contribution in [-0.4, -0.2) is 42.9 Å². The Morgan fingerprint density at radius 1 is 0.871 bits per heavy atom. The Balaban J connectivity index is 1.45. The maximum atomic E-state index is 13.9. The van der Waals surface area contributed by atoms with E-state index in [0.717, 1.165) is 24.3 Å². The van der Waals surface area contributed by atoms with Gasteiger partial charge in [0.25, 0.3) is 11.8 Å². The molecule has 3 aromatic carbocycles. The first-order chi connectivity index (χ1) is 15.0. The molecule has 3 aromatic rings. The number of aryl methyl sites for hydroxylation is 1. The fourth-order valence-corrected chi connectivity index (χ4v) is 3.71. The highest BCUT2D eigenvalue weighted by Crippen LogP contribution is 2.21. The number of rotatable bonds is 4. The van der Waals surface area contributed by atoms with Crippen molar-refractivity contribution in [1.29, 1.82) is 0 Å². The fourth-order valence-electron chi connectivity index (χ4n) is 3.71. The lowest BCUT2D eigenvalue weighted by molar-refractivity contribution is 0.0746. The lowest BCUT2D eigenvalue weighted by Gasteiger charge is -2.36. The third-order valence-corrected chi connectivity index (χ3v) is 5.54. The molecule has 0 saturated carbocycles. The van der Waals surface area contributed by atoms with Crippen molar-refractivity contribution in [1.82, 2.24) is 4.90 Å². The summed E-state index contributed by atoms with van der Waals surface area (Å²) in [6.45, 7) is 4.61. The Labute approximate surface area is 181 Å². The van der Waals surface area contributed by atoms with E-state index in [-0.39, 0.29) is 11.5 Å². The average Bonchev–Trinajstić information content (AvgIpc) is 2.81. The van der Waals surface area contributed by atoms with Crippen LogP contribution < -0.4 is 10.2 Å². The monoisotopic (exact) mass is 417 g/mol. The standard InChI is InChI=1S/C25H24FN3O2/c1-18-11-12-19(17-23(18)27-24(30)21-9-5-6-10-22(21)26)25(31)29-15-13-28(14-16-29)20-7-3-2-4-8-20/h2-12,17H,13-16H2,1H3,(H,27,30).